The fraction of sp³-hybridized carbons (Fsp3) is 0.391. The molecular formula is C23H28N6O2. The number of fused-ring (bicyclic) bond motifs is 1. The van der Waals surface area contributed by atoms with E-state index in [1.165, 1.54) is 0 Å². The molecule has 1 aliphatic rings. The molecule has 31 heavy (non-hydrogen) atoms. The Morgan fingerprint density at radius 3 is 2.58 bits per heavy atom. The van der Waals surface area contributed by atoms with Gasteiger partial charge in [0.15, 0.2) is 5.65 Å². The Kier molecular flexibility index (Phi) is 5.99. The summed E-state index contributed by atoms with van der Waals surface area (Å²) >= 11 is 0. The molecule has 0 saturated carbocycles. The average Bonchev–Trinajstić information content (AvgIpc) is 3.16. The quantitative estimate of drug-likeness (QED) is 0.685. The zero-order chi connectivity index (χ0) is 22.0. The van der Waals surface area contributed by atoms with Crippen LogP contribution >= 0.6 is 0 Å². The van der Waals surface area contributed by atoms with E-state index in [0.717, 1.165) is 34.7 Å². The number of rotatable bonds is 5. The first kappa shape index (κ1) is 21.0. The van der Waals surface area contributed by atoms with Gasteiger partial charge in [-0.25, -0.2) is 9.50 Å². The van der Waals surface area contributed by atoms with Gasteiger partial charge in [-0.05, 0) is 31.9 Å². The molecule has 8 heteroatoms. The number of carbonyl (C=O) groups is 2. The van der Waals surface area contributed by atoms with Gasteiger partial charge in [0.05, 0.1) is 23.5 Å². The van der Waals surface area contributed by atoms with E-state index in [1.54, 1.807) is 10.7 Å². The van der Waals surface area contributed by atoms with Crippen LogP contribution in [-0.2, 0) is 11.2 Å². The maximum atomic E-state index is 13.1. The fourth-order valence-corrected chi connectivity index (χ4v) is 4.00. The van der Waals surface area contributed by atoms with Crippen LogP contribution in [0.5, 0.6) is 0 Å². The van der Waals surface area contributed by atoms with E-state index >= 15 is 0 Å². The highest BCUT2D eigenvalue weighted by atomic mass is 16.2. The Morgan fingerprint density at radius 1 is 1.10 bits per heavy atom. The molecule has 0 unspecified atom stereocenters. The van der Waals surface area contributed by atoms with Crippen molar-refractivity contribution in [1.29, 1.82) is 0 Å². The lowest BCUT2D eigenvalue weighted by Crippen LogP contribution is -2.50. The number of para-hydroxylation sites is 1. The number of aryl methyl sites for hydroxylation is 3. The molecule has 0 radical (unpaired) electrons. The molecule has 1 fully saturated rings. The van der Waals surface area contributed by atoms with Crippen LogP contribution in [-0.4, -0.2) is 68.9 Å². The summed E-state index contributed by atoms with van der Waals surface area (Å²) in [6.07, 6.45) is 2.51. The van der Waals surface area contributed by atoms with Crippen LogP contribution in [0, 0.1) is 13.8 Å². The highest BCUT2D eigenvalue weighted by Gasteiger charge is 2.25. The number of carbonyl (C=O) groups excluding carboxylic acids is 2. The number of nitrogens with zero attached hydrogens (tertiary/aromatic N) is 5. The van der Waals surface area contributed by atoms with Crippen LogP contribution in [0.2, 0.25) is 0 Å². The van der Waals surface area contributed by atoms with Crippen LogP contribution in [0.1, 0.15) is 34.2 Å². The summed E-state index contributed by atoms with van der Waals surface area (Å²) in [7, 11) is 0. The van der Waals surface area contributed by atoms with E-state index in [-0.39, 0.29) is 11.8 Å². The van der Waals surface area contributed by atoms with Crippen molar-refractivity contribution in [1.82, 2.24) is 24.4 Å². The van der Waals surface area contributed by atoms with Gasteiger partial charge in [-0.1, -0.05) is 25.1 Å². The van der Waals surface area contributed by atoms with Gasteiger partial charge in [-0.2, -0.15) is 5.10 Å². The molecular weight excluding hydrogens is 392 g/mol. The molecule has 2 aromatic heterocycles. The van der Waals surface area contributed by atoms with E-state index in [4.69, 9.17) is 0 Å². The van der Waals surface area contributed by atoms with Crippen LogP contribution in [0.15, 0.2) is 36.5 Å². The lowest BCUT2D eigenvalue weighted by Gasteiger charge is -2.34. The molecule has 1 N–H and O–H groups in total. The Bertz CT molecular complexity index is 1110. The summed E-state index contributed by atoms with van der Waals surface area (Å²) in [4.78, 5) is 33.8. The Hall–Kier alpha value is -3.26. The number of hydrogen-bond acceptors (Lipinski definition) is 5. The molecule has 162 valence electrons. The molecule has 1 aliphatic heterocycles. The minimum atomic E-state index is -0.0407. The highest BCUT2D eigenvalue weighted by molar-refractivity contribution is 5.95. The molecule has 0 aliphatic carbocycles. The summed E-state index contributed by atoms with van der Waals surface area (Å²) in [5.41, 5.74) is 4.97. The van der Waals surface area contributed by atoms with Gasteiger partial charge in [-0.15, -0.1) is 0 Å². The molecule has 3 aromatic rings. The molecule has 3 heterocycles. The first-order valence-electron chi connectivity index (χ1n) is 10.7. The highest BCUT2D eigenvalue weighted by Crippen LogP contribution is 2.17. The summed E-state index contributed by atoms with van der Waals surface area (Å²) in [6.45, 7) is 8.66. The van der Waals surface area contributed by atoms with Gasteiger partial charge in [0.1, 0.15) is 0 Å². The second kappa shape index (κ2) is 8.85. The topological polar surface area (TPSA) is 82.8 Å². The minimum absolute atomic E-state index is 0.0276. The summed E-state index contributed by atoms with van der Waals surface area (Å²) in [6, 6.07) is 9.76. The predicted octanol–water partition coefficient (Wildman–Crippen LogP) is 2.31. The van der Waals surface area contributed by atoms with Crippen molar-refractivity contribution < 1.29 is 9.59 Å². The third kappa shape index (κ3) is 4.44. The number of hydrogen-bond donors (Lipinski definition) is 1. The first-order chi connectivity index (χ1) is 15.0. The largest absolute Gasteiger partial charge is 0.336 e. The van der Waals surface area contributed by atoms with E-state index in [0.29, 0.717) is 38.3 Å². The van der Waals surface area contributed by atoms with Crippen LogP contribution in [0.3, 0.4) is 0 Å². The Morgan fingerprint density at radius 2 is 1.84 bits per heavy atom. The Balaban J connectivity index is 1.35. The van der Waals surface area contributed by atoms with E-state index in [9.17, 15) is 9.59 Å². The molecule has 0 bridgehead atoms. The maximum absolute atomic E-state index is 13.1. The molecule has 4 rings (SSSR count). The third-order valence-corrected chi connectivity index (χ3v) is 5.78. The van der Waals surface area contributed by atoms with Crippen molar-refractivity contribution >= 4 is 23.1 Å². The SMILES string of the molecule is CCc1ccccc1NC(=O)CN1CCN(C(=O)c2cnc3cc(C)nn3c2C)CC1. The number of aromatic nitrogens is 3. The molecule has 2 amide bonds. The van der Waals surface area contributed by atoms with E-state index < -0.39 is 0 Å². The van der Waals surface area contributed by atoms with Crippen LogP contribution < -0.4 is 5.32 Å². The van der Waals surface area contributed by atoms with E-state index in [2.05, 4.69) is 27.2 Å². The maximum Gasteiger partial charge on any atom is 0.257 e. The number of nitrogens with one attached hydrogen (secondary N) is 1. The molecule has 1 saturated heterocycles. The standard InChI is InChI=1S/C23H28N6O2/c1-4-18-7-5-6-8-20(18)25-22(30)15-27-9-11-28(12-10-27)23(31)19-14-24-21-13-16(2)26-29(21)17(19)3/h5-8,13-14H,4,9-12,15H2,1-3H3,(H,25,30). The van der Waals surface area contributed by atoms with Crippen LogP contribution in [0.25, 0.3) is 5.65 Å². The van der Waals surface area contributed by atoms with Crippen molar-refractivity contribution in [2.24, 2.45) is 0 Å². The lowest BCUT2D eigenvalue weighted by molar-refractivity contribution is -0.117. The van der Waals surface area contributed by atoms with Gasteiger partial charge < -0.3 is 10.2 Å². The predicted molar refractivity (Wildman–Crippen MR) is 119 cm³/mol. The Labute approximate surface area is 181 Å². The monoisotopic (exact) mass is 420 g/mol. The van der Waals surface area contributed by atoms with Gasteiger partial charge in [0.25, 0.3) is 5.91 Å². The summed E-state index contributed by atoms with van der Waals surface area (Å²) < 4.78 is 1.72. The van der Waals surface area contributed by atoms with Crippen molar-refractivity contribution in [3.8, 4) is 0 Å². The smallest absolute Gasteiger partial charge is 0.257 e. The minimum Gasteiger partial charge on any atom is -0.336 e. The van der Waals surface area contributed by atoms with Gasteiger partial charge >= 0.3 is 0 Å². The number of amides is 2. The average molecular weight is 421 g/mol. The molecule has 1 aromatic carbocycles. The zero-order valence-corrected chi connectivity index (χ0v) is 18.3. The van der Waals surface area contributed by atoms with Gasteiger partial charge in [0.2, 0.25) is 5.91 Å². The van der Waals surface area contributed by atoms with E-state index in [1.807, 2.05) is 49.1 Å². The number of piperazine rings is 1. The van der Waals surface area contributed by atoms with Gasteiger partial charge in [-0.3, -0.25) is 14.5 Å². The van der Waals surface area contributed by atoms with Crippen molar-refractivity contribution in [3.05, 3.63) is 59.0 Å². The van der Waals surface area contributed by atoms with Crippen molar-refractivity contribution in [2.75, 3.05) is 38.0 Å². The molecule has 0 atom stereocenters. The number of anilines is 1. The lowest BCUT2D eigenvalue weighted by atomic mass is 10.1. The second-order valence-corrected chi connectivity index (χ2v) is 7.94. The molecule has 0 spiro atoms. The normalized spacial score (nSPS) is 14.7. The first-order valence-corrected chi connectivity index (χ1v) is 10.7. The third-order valence-electron chi connectivity index (χ3n) is 5.78. The van der Waals surface area contributed by atoms with Crippen molar-refractivity contribution in [3.63, 3.8) is 0 Å². The zero-order valence-electron chi connectivity index (χ0n) is 18.3. The van der Waals surface area contributed by atoms with Crippen LogP contribution in [0.4, 0.5) is 5.69 Å². The van der Waals surface area contributed by atoms with Gasteiger partial charge in [0, 0.05) is 44.1 Å². The second-order valence-electron chi connectivity index (χ2n) is 7.94. The van der Waals surface area contributed by atoms with Crippen molar-refractivity contribution in [2.45, 2.75) is 27.2 Å². The summed E-state index contributed by atoms with van der Waals surface area (Å²) in [5.74, 6) is -0.0683. The fourth-order valence-electron chi connectivity index (χ4n) is 4.00. The number of benzene rings is 1. The molecule has 8 nitrogen and oxygen atoms in total. The summed E-state index contributed by atoms with van der Waals surface area (Å²) in [5, 5.41) is 7.44.